The Hall–Kier alpha value is -1.23. The molecule has 0 aliphatic heterocycles. The van der Waals surface area contributed by atoms with Gasteiger partial charge >= 0.3 is 0 Å². The number of methoxy groups -OCH3 is 1. The number of benzene rings is 1. The standard InChI is InChI=1S/C16H22N2OS/c1-11(2)15(19-3)16-18-14(13(20-16)9-10-17)12-7-5-4-6-8-12/h4-8,11,15H,9-10,17H2,1-3H3. The minimum absolute atomic E-state index is 0.0500. The Morgan fingerprint density at radius 1 is 1.25 bits per heavy atom. The van der Waals surface area contributed by atoms with Crippen LogP contribution in [0.25, 0.3) is 11.3 Å². The van der Waals surface area contributed by atoms with Crippen molar-refractivity contribution in [2.24, 2.45) is 11.7 Å². The molecule has 1 unspecified atom stereocenters. The fourth-order valence-corrected chi connectivity index (χ4v) is 3.63. The Morgan fingerprint density at radius 2 is 1.95 bits per heavy atom. The molecule has 1 aromatic carbocycles. The monoisotopic (exact) mass is 290 g/mol. The van der Waals surface area contributed by atoms with Crippen molar-refractivity contribution in [1.29, 1.82) is 0 Å². The first kappa shape index (κ1) is 15.2. The molecule has 0 aliphatic rings. The van der Waals surface area contributed by atoms with Gasteiger partial charge in [-0.15, -0.1) is 11.3 Å². The molecule has 2 N–H and O–H groups in total. The largest absolute Gasteiger partial charge is 0.374 e. The van der Waals surface area contributed by atoms with Crippen LogP contribution in [0.2, 0.25) is 0 Å². The van der Waals surface area contributed by atoms with Gasteiger partial charge in [0.1, 0.15) is 11.1 Å². The number of thiazole rings is 1. The molecule has 1 heterocycles. The molecular formula is C16H22N2OS. The van der Waals surface area contributed by atoms with Crippen molar-refractivity contribution in [3.05, 3.63) is 40.2 Å². The van der Waals surface area contributed by atoms with Crippen molar-refractivity contribution in [2.75, 3.05) is 13.7 Å². The lowest BCUT2D eigenvalue weighted by Gasteiger charge is -2.16. The fourth-order valence-electron chi connectivity index (χ4n) is 2.27. The molecule has 20 heavy (non-hydrogen) atoms. The summed E-state index contributed by atoms with van der Waals surface area (Å²) in [5.74, 6) is 0.403. The molecule has 0 fully saturated rings. The highest BCUT2D eigenvalue weighted by atomic mass is 32.1. The van der Waals surface area contributed by atoms with Gasteiger partial charge < -0.3 is 10.5 Å². The van der Waals surface area contributed by atoms with Crippen LogP contribution in [0.3, 0.4) is 0 Å². The van der Waals surface area contributed by atoms with Crippen LogP contribution in [0, 0.1) is 5.92 Å². The molecule has 0 saturated carbocycles. The quantitative estimate of drug-likeness (QED) is 0.883. The molecule has 108 valence electrons. The normalized spacial score (nSPS) is 12.8. The van der Waals surface area contributed by atoms with E-state index in [0.29, 0.717) is 12.5 Å². The summed E-state index contributed by atoms with van der Waals surface area (Å²) < 4.78 is 5.60. The van der Waals surface area contributed by atoms with Gasteiger partial charge in [-0.25, -0.2) is 4.98 Å². The Balaban J connectivity index is 2.43. The van der Waals surface area contributed by atoms with Crippen LogP contribution in [-0.2, 0) is 11.2 Å². The molecule has 2 aromatic rings. The third-order valence-corrected chi connectivity index (χ3v) is 4.41. The molecule has 1 atom stereocenters. The zero-order valence-electron chi connectivity index (χ0n) is 12.3. The van der Waals surface area contributed by atoms with Crippen molar-refractivity contribution >= 4 is 11.3 Å². The van der Waals surface area contributed by atoms with Crippen LogP contribution in [0.4, 0.5) is 0 Å². The molecule has 0 amide bonds. The van der Waals surface area contributed by atoms with Crippen molar-refractivity contribution in [3.8, 4) is 11.3 Å². The number of hydrogen-bond acceptors (Lipinski definition) is 4. The van der Waals surface area contributed by atoms with Crippen molar-refractivity contribution < 1.29 is 4.74 Å². The zero-order valence-corrected chi connectivity index (χ0v) is 13.1. The highest BCUT2D eigenvalue weighted by Gasteiger charge is 2.22. The molecule has 3 nitrogen and oxygen atoms in total. The lowest BCUT2D eigenvalue weighted by atomic mass is 10.1. The minimum Gasteiger partial charge on any atom is -0.374 e. The van der Waals surface area contributed by atoms with Crippen LogP contribution >= 0.6 is 11.3 Å². The first-order valence-corrected chi connectivity index (χ1v) is 7.77. The summed E-state index contributed by atoms with van der Waals surface area (Å²) >= 11 is 1.72. The van der Waals surface area contributed by atoms with Crippen LogP contribution in [0.5, 0.6) is 0 Å². The van der Waals surface area contributed by atoms with Gasteiger partial charge in [0.25, 0.3) is 0 Å². The Morgan fingerprint density at radius 3 is 2.50 bits per heavy atom. The molecule has 0 saturated heterocycles. The van der Waals surface area contributed by atoms with Crippen molar-refractivity contribution in [1.82, 2.24) is 4.98 Å². The topological polar surface area (TPSA) is 48.1 Å². The zero-order chi connectivity index (χ0) is 14.5. The van der Waals surface area contributed by atoms with Gasteiger partial charge in [0.2, 0.25) is 0 Å². The average molecular weight is 290 g/mol. The molecule has 1 aromatic heterocycles. The summed E-state index contributed by atoms with van der Waals surface area (Å²) in [6.45, 7) is 4.95. The molecule has 0 aliphatic carbocycles. The highest BCUT2D eigenvalue weighted by Crippen LogP contribution is 2.35. The molecular weight excluding hydrogens is 268 g/mol. The highest BCUT2D eigenvalue weighted by molar-refractivity contribution is 7.12. The maximum absolute atomic E-state index is 5.73. The first-order chi connectivity index (χ1) is 9.67. The third kappa shape index (κ3) is 3.26. The smallest absolute Gasteiger partial charge is 0.123 e. The van der Waals surface area contributed by atoms with E-state index in [-0.39, 0.29) is 6.10 Å². The first-order valence-electron chi connectivity index (χ1n) is 6.95. The van der Waals surface area contributed by atoms with E-state index in [1.54, 1.807) is 18.4 Å². The molecule has 0 spiro atoms. The average Bonchev–Trinajstić information content (AvgIpc) is 2.84. The van der Waals surface area contributed by atoms with Crippen molar-refractivity contribution in [2.45, 2.75) is 26.4 Å². The van der Waals surface area contributed by atoms with Gasteiger partial charge in [-0.2, -0.15) is 0 Å². The lowest BCUT2D eigenvalue weighted by molar-refractivity contribution is 0.0645. The van der Waals surface area contributed by atoms with E-state index in [1.165, 1.54) is 4.88 Å². The van der Waals surface area contributed by atoms with Gasteiger partial charge in [0.15, 0.2) is 0 Å². The number of nitrogens with zero attached hydrogens (tertiary/aromatic N) is 1. The second kappa shape index (κ2) is 6.97. The van der Waals surface area contributed by atoms with E-state index in [4.69, 9.17) is 15.5 Å². The Kier molecular flexibility index (Phi) is 5.29. The summed E-state index contributed by atoms with van der Waals surface area (Å²) in [6, 6.07) is 10.3. The third-order valence-electron chi connectivity index (χ3n) is 3.24. The number of nitrogens with two attached hydrogens (primary N) is 1. The molecule has 0 bridgehead atoms. The predicted molar refractivity (Wildman–Crippen MR) is 84.9 cm³/mol. The number of ether oxygens (including phenoxy) is 1. The second-order valence-electron chi connectivity index (χ2n) is 5.13. The van der Waals surface area contributed by atoms with Gasteiger partial charge in [0.05, 0.1) is 5.69 Å². The fraction of sp³-hybridized carbons (Fsp3) is 0.438. The summed E-state index contributed by atoms with van der Waals surface area (Å²) in [4.78, 5) is 6.08. The number of hydrogen-bond donors (Lipinski definition) is 1. The summed E-state index contributed by atoms with van der Waals surface area (Å²) in [7, 11) is 1.75. The van der Waals surface area contributed by atoms with E-state index in [2.05, 4.69) is 26.0 Å². The maximum Gasteiger partial charge on any atom is 0.123 e. The molecule has 4 heteroatoms. The van der Waals surface area contributed by atoms with E-state index >= 15 is 0 Å². The van der Waals surface area contributed by atoms with Gasteiger partial charge in [0, 0.05) is 17.6 Å². The Bertz CT molecular complexity index is 537. The van der Waals surface area contributed by atoms with Gasteiger partial charge in [-0.3, -0.25) is 0 Å². The molecule has 0 radical (unpaired) electrons. The second-order valence-corrected chi connectivity index (χ2v) is 6.24. The van der Waals surface area contributed by atoms with E-state index in [9.17, 15) is 0 Å². The lowest BCUT2D eigenvalue weighted by Crippen LogP contribution is -2.08. The van der Waals surface area contributed by atoms with E-state index in [0.717, 1.165) is 22.7 Å². The maximum atomic E-state index is 5.73. The molecule has 2 rings (SSSR count). The van der Waals surface area contributed by atoms with E-state index in [1.807, 2.05) is 18.2 Å². The summed E-state index contributed by atoms with van der Waals surface area (Å²) in [5.41, 5.74) is 7.94. The van der Waals surface area contributed by atoms with Crippen LogP contribution in [-0.4, -0.2) is 18.6 Å². The van der Waals surface area contributed by atoms with Crippen LogP contribution in [0.15, 0.2) is 30.3 Å². The van der Waals surface area contributed by atoms with Gasteiger partial charge in [-0.05, 0) is 18.9 Å². The Labute approximate surface area is 124 Å². The summed E-state index contributed by atoms with van der Waals surface area (Å²) in [6.07, 6.45) is 0.908. The SMILES string of the molecule is COC(c1nc(-c2ccccc2)c(CCN)s1)C(C)C. The number of aromatic nitrogens is 1. The van der Waals surface area contributed by atoms with Gasteiger partial charge in [-0.1, -0.05) is 44.2 Å². The predicted octanol–water partition coefficient (Wildman–Crippen LogP) is 3.65. The minimum atomic E-state index is 0.0500. The summed E-state index contributed by atoms with van der Waals surface area (Å²) in [5, 5.41) is 1.05. The van der Waals surface area contributed by atoms with Crippen molar-refractivity contribution in [3.63, 3.8) is 0 Å². The van der Waals surface area contributed by atoms with E-state index < -0.39 is 0 Å². The van der Waals surface area contributed by atoms with Crippen LogP contribution in [0.1, 0.15) is 29.8 Å². The number of rotatable bonds is 6. The van der Waals surface area contributed by atoms with Crippen LogP contribution < -0.4 is 5.73 Å².